The number of nitrogens with zero attached hydrogens (tertiary/aromatic N) is 1. The molecule has 1 aliphatic rings. The average molecular weight is 423 g/mol. The Balaban J connectivity index is 1.41. The van der Waals surface area contributed by atoms with E-state index >= 15 is 0 Å². The van der Waals surface area contributed by atoms with Gasteiger partial charge in [-0.25, -0.2) is 0 Å². The Labute approximate surface area is 183 Å². The Morgan fingerprint density at radius 3 is 1.94 bits per heavy atom. The first kappa shape index (κ1) is 22.3. The summed E-state index contributed by atoms with van der Waals surface area (Å²) >= 11 is 0. The number of anilines is 3. The highest BCUT2D eigenvalue weighted by atomic mass is 16.2. The molecule has 1 fully saturated rings. The lowest BCUT2D eigenvalue weighted by Gasteiger charge is -2.22. The van der Waals surface area contributed by atoms with Crippen LogP contribution < -0.4 is 20.9 Å². The molecule has 1 aliphatic heterocycles. The smallest absolute Gasteiger partial charge is 0.313 e. The van der Waals surface area contributed by atoms with Gasteiger partial charge in [0, 0.05) is 43.6 Å². The van der Waals surface area contributed by atoms with Crippen LogP contribution in [0.5, 0.6) is 0 Å². The number of rotatable bonds is 6. The van der Waals surface area contributed by atoms with Gasteiger partial charge in [0.2, 0.25) is 5.91 Å². The maximum absolute atomic E-state index is 12.1. The van der Waals surface area contributed by atoms with E-state index in [1.54, 1.807) is 24.3 Å². The Morgan fingerprint density at radius 2 is 1.35 bits per heavy atom. The first-order chi connectivity index (χ1) is 15.0. The van der Waals surface area contributed by atoms with Crippen LogP contribution in [0.1, 0.15) is 38.2 Å². The molecule has 7 heteroatoms. The van der Waals surface area contributed by atoms with Crippen molar-refractivity contribution in [1.82, 2.24) is 5.32 Å². The van der Waals surface area contributed by atoms with Gasteiger partial charge in [-0.2, -0.15) is 0 Å². The predicted molar refractivity (Wildman–Crippen MR) is 123 cm³/mol. The van der Waals surface area contributed by atoms with Gasteiger partial charge in [-0.1, -0.05) is 25.0 Å². The number of carbonyl (C=O) groups is 3. The minimum absolute atomic E-state index is 0.173. The van der Waals surface area contributed by atoms with Crippen molar-refractivity contribution in [3.05, 3.63) is 54.1 Å². The molecule has 0 bridgehead atoms. The van der Waals surface area contributed by atoms with Gasteiger partial charge in [-0.05, 0) is 61.2 Å². The largest absolute Gasteiger partial charge is 0.372 e. The first-order valence-corrected chi connectivity index (χ1v) is 10.8. The molecule has 0 radical (unpaired) electrons. The predicted octanol–water partition coefficient (Wildman–Crippen LogP) is 3.32. The zero-order chi connectivity index (χ0) is 22.1. The van der Waals surface area contributed by atoms with Crippen molar-refractivity contribution in [3.63, 3.8) is 0 Å². The van der Waals surface area contributed by atoms with Gasteiger partial charge in [0.15, 0.2) is 0 Å². The molecule has 2 aromatic carbocycles. The minimum atomic E-state index is -0.719. The number of amides is 3. The molecule has 31 heavy (non-hydrogen) atoms. The topological polar surface area (TPSA) is 90.5 Å². The lowest BCUT2D eigenvalue weighted by molar-refractivity contribution is -0.136. The fraction of sp³-hybridized carbons (Fsp3) is 0.375. The van der Waals surface area contributed by atoms with E-state index in [2.05, 4.69) is 45.1 Å². The molecule has 1 heterocycles. The summed E-state index contributed by atoms with van der Waals surface area (Å²) in [5, 5.41) is 7.85. The highest BCUT2D eigenvalue weighted by Crippen LogP contribution is 2.20. The molecule has 0 unspecified atom stereocenters. The van der Waals surface area contributed by atoms with Gasteiger partial charge in [0.25, 0.3) is 0 Å². The number of benzene rings is 2. The molecule has 3 amide bonds. The van der Waals surface area contributed by atoms with Gasteiger partial charge in [-0.15, -0.1) is 0 Å². The highest BCUT2D eigenvalue weighted by Gasteiger charge is 2.13. The van der Waals surface area contributed by atoms with Crippen molar-refractivity contribution < 1.29 is 14.4 Å². The second-order valence-corrected chi connectivity index (χ2v) is 7.79. The second-order valence-electron chi connectivity index (χ2n) is 7.79. The van der Waals surface area contributed by atoms with E-state index in [-0.39, 0.29) is 5.91 Å². The molecular formula is C24H30N4O3. The maximum Gasteiger partial charge on any atom is 0.313 e. The standard InChI is InChI=1S/C24H30N4O3/c1-18(29)26-20-8-10-21(11-9-20)27-24(31)23(30)25-15-14-19-6-12-22(13-7-19)28-16-4-2-3-5-17-28/h6-13H,2-5,14-17H2,1H3,(H,25,30)(H,26,29)(H,27,31). The highest BCUT2D eigenvalue weighted by molar-refractivity contribution is 6.39. The normalized spacial score (nSPS) is 13.8. The second kappa shape index (κ2) is 11.2. The summed E-state index contributed by atoms with van der Waals surface area (Å²) in [6.45, 7) is 4.03. The third-order valence-corrected chi connectivity index (χ3v) is 5.28. The molecule has 2 aromatic rings. The monoisotopic (exact) mass is 422 g/mol. The van der Waals surface area contributed by atoms with Crippen LogP contribution in [0.25, 0.3) is 0 Å². The van der Waals surface area contributed by atoms with Gasteiger partial charge < -0.3 is 20.9 Å². The Morgan fingerprint density at radius 1 is 0.774 bits per heavy atom. The molecule has 3 rings (SSSR count). The maximum atomic E-state index is 12.1. The summed E-state index contributed by atoms with van der Waals surface area (Å²) in [5.74, 6) is -1.57. The van der Waals surface area contributed by atoms with Crippen molar-refractivity contribution >= 4 is 34.8 Å². The Kier molecular flexibility index (Phi) is 8.04. The van der Waals surface area contributed by atoms with Crippen LogP contribution in [0, 0.1) is 0 Å². The van der Waals surface area contributed by atoms with E-state index in [9.17, 15) is 14.4 Å². The molecule has 0 aromatic heterocycles. The molecule has 0 aliphatic carbocycles. The summed E-state index contributed by atoms with van der Waals surface area (Å²) in [5.41, 5.74) is 3.47. The van der Waals surface area contributed by atoms with E-state index in [4.69, 9.17) is 0 Å². The summed E-state index contributed by atoms with van der Waals surface area (Å²) in [6.07, 6.45) is 5.77. The van der Waals surface area contributed by atoms with E-state index in [1.165, 1.54) is 38.3 Å². The van der Waals surface area contributed by atoms with Crippen LogP contribution >= 0.6 is 0 Å². The zero-order valence-corrected chi connectivity index (χ0v) is 17.9. The quantitative estimate of drug-likeness (QED) is 0.623. The average Bonchev–Trinajstić information content (AvgIpc) is 3.05. The van der Waals surface area contributed by atoms with Crippen molar-refractivity contribution in [2.45, 2.75) is 39.0 Å². The molecule has 164 valence electrons. The van der Waals surface area contributed by atoms with Crippen LogP contribution in [-0.4, -0.2) is 37.4 Å². The Hall–Kier alpha value is -3.35. The minimum Gasteiger partial charge on any atom is -0.372 e. The summed E-state index contributed by atoms with van der Waals surface area (Å²) in [6, 6.07) is 15.0. The van der Waals surface area contributed by atoms with E-state index in [1.807, 2.05) is 0 Å². The van der Waals surface area contributed by atoms with Gasteiger partial charge in [0.05, 0.1) is 0 Å². The number of hydrogen-bond donors (Lipinski definition) is 3. The van der Waals surface area contributed by atoms with E-state index in [0.717, 1.165) is 18.7 Å². The summed E-state index contributed by atoms with van der Waals surface area (Å²) in [4.78, 5) is 37.6. The fourth-order valence-electron chi connectivity index (χ4n) is 3.63. The number of nitrogens with one attached hydrogen (secondary N) is 3. The van der Waals surface area contributed by atoms with Crippen LogP contribution in [-0.2, 0) is 20.8 Å². The number of carbonyl (C=O) groups excluding carboxylic acids is 3. The molecule has 1 saturated heterocycles. The molecular weight excluding hydrogens is 392 g/mol. The molecule has 7 nitrogen and oxygen atoms in total. The third-order valence-electron chi connectivity index (χ3n) is 5.28. The van der Waals surface area contributed by atoms with Crippen molar-refractivity contribution in [1.29, 1.82) is 0 Å². The van der Waals surface area contributed by atoms with Crippen LogP contribution in [0.15, 0.2) is 48.5 Å². The van der Waals surface area contributed by atoms with Crippen LogP contribution in [0.2, 0.25) is 0 Å². The molecule has 0 spiro atoms. The van der Waals surface area contributed by atoms with Crippen molar-refractivity contribution in [3.8, 4) is 0 Å². The molecule has 3 N–H and O–H groups in total. The number of hydrogen-bond acceptors (Lipinski definition) is 4. The SMILES string of the molecule is CC(=O)Nc1ccc(NC(=O)C(=O)NCCc2ccc(N3CCCCCC3)cc2)cc1. The Bertz CT molecular complexity index is 886. The van der Waals surface area contributed by atoms with Gasteiger partial charge in [0.1, 0.15) is 0 Å². The summed E-state index contributed by atoms with van der Waals surface area (Å²) < 4.78 is 0. The third kappa shape index (κ3) is 7.13. The van der Waals surface area contributed by atoms with Crippen molar-refractivity contribution in [2.75, 3.05) is 35.2 Å². The fourth-order valence-corrected chi connectivity index (χ4v) is 3.63. The summed E-state index contributed by atoms with van der Waals surface area (Å²) in [7, 11) is 0. The zero-order valence-electron chi connectivity index (χ0n) is 17.9. The van der Waals surface area contributed by atoms with E-state index < -0.39 is 11.8 Å². The van der Waals surface area contributed by atoms with E-state index in [0.29, 0.717) is 24.3 Å². The lowest BCUT2D eigenvalue weighted by Crippen LogP contribution is -2.36. The van der Waals surface area contributed by atoms with Crippen LogP contribution in [0.3, 0.4) is 0 Å². The van der Waals surface area contributed by atoms with Gasteiger partial charge >= 0.3 is 11.8 Å². The molecule has 0 atom stereocenters. The van der Waals surface area contributed by atoms with Crippen LogP contribution in [0.4, 0.5) is 17.1 Å². The molecule has 0 saturated carbocycles. The van der Waals surface area contributed by atoms with Crippen molar-refractivity contribution in [2.24, 2.45) is 0 Å². The van der Waals surface area contributed by atoms with Gasteiger partial charge in [-0.3, -0.25) is 14.4 Å². The first-order valence-electron chi connectivity index (χ1n) is 10.8. The lowest BCUT2D eigenvalue weighted by atomic mass is 10.1.